The zero-order valence-corrected chi connectivity index (χ0v) is 11.0. The molecule has 0 aromatic heterocycles. The van der Waals surface area contributed by atoms with Gasteiger partial charge >= 0.3 is 0 Å². The Morgan fingerprint density at radius 2 is 2.47 bits per heavy atom. The monoisotopic (exact) mass is 252 g/mol. The number of benzene rings is 1. The van der Waals surface area contributed by atoms with Crippen LogP contribution in [0.1, 0.15) is 24.9 Å². The van der Waals surface area contributed by atoms with Crippen molar-refractivity contribution in [2.45, 2.75) is 19.4 Å². The molecule has 0 radical (unpaired) electrons. The van der Waals surface area contributed by atoms with Gasteiger partial charge in [-0.3, -0.25) is 11.3 Å². The summed E-state index contributed by atoms with van der Waals surface area (Å²) in [6.45, 7) is 2.70. The molecule has 3 N–H and O–H groups in total. The average Bonchev–Trinajstić information content (AvgIpc) is 2.85. The molecule has 17 heavy (non-hydrogen) atoms. The van der Waals surface area contributed by atoms with Crippen LogP contribution in [0.2, 0.25) is 0 Å². The van der Waals surface area contributed by atoms with E-state index in [0.717, 1.165) is 5.75 Å². The van der Waals surface area contributed by atoms with Crippen LogP contribution in [-0.2, 0) is 0 Å². The fourth-order valence-corrected chi connectivity index (χ4v) is 3.58. The van der Waals surface area contributed by atoms with Crippen LogP contribution in [0.25, 0.3) is 0 Å². The van der Waals surface area contributed by atoms with E-state index in [1.807, 2.05) is 30.8 Å². The molecule has 2 rings (SSSR count). The van der Waals surface area contributed by atoms with Crippen LogP contribution in [0, 0.1) is 5.92 Å². The minimum Gasteiger partial charge on any atom is -0.494 e. The Bertz CT molecular complexity index is 353. The van der Waals surface area contributed by atoms with Crippen LogP contribution < -0.4 is 16.0 Å². The lowest BCUT2D eigenvalue weighted by molar-refractivity contribution is 0.337. The van der Waals surface area contributed by atoms with Crippen LogP contribution >= 0.6 is 11.8 Å². The van der Waals surface area contributed by atoms with Gasteiger partial charge in [-0.15, -0.1) is 0 Å². The van der Waals surface area contributed by atoms with Crippen molar-refractivity contribution in [3.8, 4) is 5.75 Å². The smallest absolute Gasteiger partial charge is 0.119 e. The molecule has 0 bridgehead atoms. The van der Waals surface area contributed by atoms with E-state index in [9.17, 15) is 0 Å². The molecule has 3 nitrogen and oxygen atoms in total. The molecule has 4 heteroatoms. The molecule has 0 amide bonds. The lowest BCUT2D eigenvalue weighted by atomic mass is 9.93. The molecular weight excluding hydrogens is 232 g/mol. The Morgan fingerprint density at radius 1 is 1.59 bits per heavy atom. The SMILES string of the molecule is CCOc1cccc(C(NN)C2CCSC2)c1. The van der Waals surface area contributed by atoms with Crippen molar-refractivity contribution in [2.24, 2.45) is 11.8 Å². The Balaban J connectivity index is 2.14. The second kappa shape index (κ2) is 6.28. The summed E-state index contributed by atoms with van der Waals surface area (Å²) < 4.78 is 5.53. The zero-order valence-electron chi connectivity index (χ0n) is 10.2. The van der Waals surface area contributed by atoms with E-state index in [2.05, 4.69) is 17.6 Å². The highest BCUT2D eigenvalue weighted by Gasteiger charge is 2.25. The number of hydrogen-bond donors (Lipinski definition) is 2. The number of thioether (sulfide) groups is 1. The van der Waals surface area contributed by atoms with E-state index in [1.165, 1.54) is 23.5 Å². The molecule has 1 aromatic carbocycles. The van der Waals surface area contributed by atoms with Gasteiger partial charge < -0.3 is 4.74 Å². The number of nitrogens with one attached hydrogen (secondary N) is 1. The average molecular weight is 252 g/mol. The summed E-state index contributed by atoms with van der Waals surface area (Å²) >= 11 is 2.01. The van der Waals surface area contributed by atoms with Crippen molar-refractivity contribution in [3.63, 3.8) is 0 Å². The van der Waals surface area contributed by atoms with Crippen LogP contribution in [0.3, 0.4) is 0 Å². The van der Waals surface area contributed by atoms with E-state index in [4.69, 9.17) is 10.6 Å². The molecule has 1 aliphatic rings. The molecule has 2 unspecified atom stereocenters. The number of rotatable bonds is 5. The normalized spacial score (nSPS) is 21.4. The molecule has 94 valence electrons. The van der Waals surface area contributed by atoms with Crippen LogP contribution in [-0.4, -0.2) is 18.1 Å². The number of hydrogen-bond acceptors (Lipinski definition) is 4. The molecule has 1 aromatic rings. The highest BCUT2D eigenvalue weighted by molar-refractivity contribution is 7.99. The second-order valence-corrected chi connectivity index (χ2v) is 5.42. The maximum absolute atomic E-state index is 5.71. The fraction of sp³-hybridized carbons (Fsp3) is 0.538. The first kappa shape index (κ1) is 12.7. The predicted octanol–water partition coefficient (Wildman–Crippen LogP) is 2.34. The van der Waals surface area contributed by atoms with Gasteiger partial charge in [-0.05, 0) is 48.5 Å². The Kier molecular flexibility index (Phi) is 4.71. The molecule has 0 aliphatic carbocycles. The van der Waals surface area contributed by atoms with Gasteiger partial charge in [-0.25, -0.2) is 0 Å². The molecule has 0 spiro atoms. The first-order valence-corrected chi connectivity index (χ1v) is 7.27. The summed E-state index contributed by atoms with van der Waals surface area (Å²) in [7, 11) is 0. The molecular formula is C13H20N2OS. The predicted molar refractivity (Wildman–Crippen MR) is 73.1 cm³/mol. The maximum Gasteiger partial charge on any atom is 0.119 e. The lowest BCUT2D eigenvalue weighted by Gasteiger charge is -2.22. The first-order valence-electron chi connectivity index (χ1n) is 6.11. The fourth-order valence-electron chi connectivity index (χ4n) is 2.28. The van der Waals surface area contributed by atoms with Gasteiger partial charge in [0.05, 0.1) is 6.61 Å². The van der Waals surface area contributed by atoms with Crippen molar-refractivity contribution in [3.05, 3.63) is 29.8 Å². The summed E-state index contributed by atoms with van der Waals surface area (Å²) in [5, 5.41) is 0. The summed E-state index contributed by atoms with van der Waals surface area (Å²) in [5.74, 6) is 9.69. The van der Waals surface area contributed by atoms with Crippen molar-refractivity contribution < 1.29 is 4.74 Å². The Hall–Kier alpha value is -0.710. The van der Waals surface area contributed by atoms with E-state index in [0.29, 0.717) is 12.5 Å². The number of ether oxygens (including phenoxy) is 1. The van der Waals surface area contributed by atoms with Gasteiger partial charge in [-0.2, -0.15) is 11.8 Å². The summed E-state index contributed by atoms with van der Waals surface area (Å²) in [5.41, 5.74) is 4.19. The van der Waals surface area contributed by atoms with Gasteiger partial charge in [0, 0.05) is 6.04 Å². The van der Waals surface area contributed by atoms with Gasteiger partial charge in [0.2, 0.25) is 0 Å². The van der Waals surface area contributed by atoms with Crippen LogP contribution in [0.5, 0.6) is 5.75 Å². The zero-order chi connectivity index (χ0) is 12.1. The Labute approximate surface area is 107 Å². The summed E-state index contributed by atoms with van der Waals surface area (Å²) in [6, 6.07) is 8.48. The number of hydrazine groups is 1. The molecule has 1 fully saturated rings. The summed E-state index contributed by atoms with van der Waals surface area (Å²) in [6.07, 6.45) is 1.23. The third kappa shape index (κ3) is 3.15. The van der Waals surface area contributed by atoms with Crippen molar-refractivity contribution in [2.75, 3.05) is 18.1 Å². The summed E-state index contributed by atoms with van der Waals surface area (Å²) in [4.78, 5) is 0. The highest BCUT2D eigenvalue weighted by Crippen LogP contribution is 2.34. The van der Waals surface area contributed by atoms with E-state index < -0.39 is 0 Å². The first-order chi connectivity index (χ1) is 8.35. The van der Waals surface area contributed by atoms with Crippen LogP contribution in [0.4, 0.5) is 0 Å². The highest BCUT2D eigenvalue weighted by atomic mass is 32.2. The minimum absolute atomic E-state index is 0.241. The van der Waals surface area contributed by atoms with E-state index in [-0.39, 0.29) is 6.04 Å². The van der Waals surface area contributed by atoms with Gasteiger partial charge in [0.25, 0.3) is 0 Å². The van der Waals surface area contributed by atoms with Crippen molar-refractivity contribution >= 4 is 11.8 Å². The molecule has 0 saturated carbocycles. The molecule has 2 atom stereocenters. The maximum atomic E-state index is 5.71. The van der Waals surface area contributed by atoms with Crippen molar-refractivity contribution in [1.29, 1.82) is 0 Å². The van der Waals surface area contributed by atoms with Gasteiger partial charge in [-0.1, -0.05) is 12.1 Å². The molecule has 1 heterocycles. The lowest BCUT2D eigenvalue weighted by Crippen LogP contribution is -2.33. The number of nitrogens with two attached hydrogens (primary N) is 1. The largest absolute Gasteiger partial charge is 0.494 e. The quantitative estimate of drug-likeness (QED) is 0.624. The third-order valence-corrected chi connectivity index (χ3v) is 4.33. The molecule has 1 aliphatic heterocycles. The minimum atomic E-state index is 0.241. The Morgan fingerprint density at radius 3 is 3.12 bits per heavy atom. The van der Waals surface area contributed by atoms with Gasteiger partial charge in [0.15, 0.2) is 0 Å². The topological polar surface area (TPSA) is 47.3 Å². The van der Waals surface area contributed by atoms with Gasteiger partial charge in [0.1, 0.15) is 5.75 Å². The van der Waals surface area contributed by atoms with E-state index in [1.54, 1.807) is 0 Å². The van der Waals surface area contributed by atoms with Crippen molar-refractivity contribution in [1.82, 2.24) is 5.43 Å². The standard InChI is InChI=1S/C13H20N2OS/c1-2-16-12-5-3-4-10(8-12)13(15-14)11-6-7-17-9-11/h3-5,8,11,13,15H,2,6-7,9,14H2,1H3. The molecule has 1 saturated heterocycles. The third-order valence-electron chi connectivity index (χ3n) is 3.14. The van der Waals surface area contributed by atoms with E-state index >= 15 is 0 Å². The second-order valence-electron chi connectivity index (χ2n) is 4.27. The van der Waals surface area contributed by atoms with Crippen LogP contribution in [0.15, 0.2) is 24.3 Å².